The second-order valence-electron chi connectivity index (χ2n) is 10.5. The monoisotopic (exact) mass is 505 g/mol. The van der Waals surface area contributed by atoms with Gasteiger partial charge in [0.05, 0.1) is 0 Å². The van der Waals surface area contributed by atoms with E-state index in [-0.39, 0.29) is 23.6 Å². The molecule has 0 aliphatic carbocycles. The normalized spacial score (nSPS) is 13.9. The zero-order valence-electron chi connectivity index (χ0n) is 23.2. The van der Waals surface area contributed by atoms with E-state index in [0.717, 1.165) is 44.9 Å². The van der Waals surface area contributed by atoms with Crippen LogP contribution >= 0.6 is 0 Å². The van der Waals surface area contributed by atoms with Crippen LogP contribution < -0.4 is 10.6 Å². The number of ether oxygens (including phenoxy) is 1. The van der Waals surface area contributed by atoms with Gasteiger partial charge in [-0.25, -0.2) is 4.79 Å². The van der Waals surface area contributed by atoms with Gasteiger partial charge in [0, 0.05) is 12.6 Å². The van der Waals surface area contributed by atoms with Crippen molar-refractivity contribution in [2.75, 3.05) is 6.54 Å². The number of hydrogen-bond donors (Lipinski definition) is 3. The van der Waals surface area contributed by atoms with Gasteiger partial charge >= 0.3 is 6.09 Å². The van der Waals surface area contributed by atoms with Crippen molar-refractivity contribution in [1.82, 2.24) is 15.5 Å². The Hall–Kier alpha value is -2.77. The molecule has 3 N–H and O–H groups in total. The maximum Gasteiger partial charge on any atom is 0.408 e. The number of alkyl carbamates (subject to hydrolysis) is 1. The molecule has 0 spiro atoms. The number of nitrogens with zero attached hydrogens (tertiary/aromatic N) is 1. The van der Waals surface area contributed by atoms with E-state index < -0.39 is 23.8 Å². The molecule has 0 aliphatic rings. The van der Waals surface area contributed by atoms with Crippen molar-refractivity contribution in [3.63, 3.8) is 0 Å². The Morgan fingerprint density at radius 2 is 1.56 bits per heavy atom. The summed E-state index contributed by atoms with van der Waals surface area (Å²) in [5.41, 5.74) is -0.101. The van der Waals surface area contributed by atoms with Crippen molar-refractivity contribution in [2.45, 2.75) is 117 Å². The van der Waals surface area contributed by atoms with Crippen LogP contribution in [0.15, 0.2) is 24.3 Å². The molecule has 0 bridgehead atoms. The first-order chi connectivity index (χ1) is 16.9. The molecule has 3 unspecified atom stereocenters. The molecular weight excluding hydrogens is 458 g/mol. The quantitative estimate of drug-likeness (QED) is 0.291. The molecule has 36 heavy (non-hydrogen) atoms. The number of rotatable bonds is 14. The molecule has 0 saturated carbocycles. The number of phenolic OH excluding ortho intramolecular Hbond substituents is 1. The minimum Gasteiger partial charge on any atom is -0.508 e. The summed E-state index contributed by atoms with van der Waals surface area (Å²) in [7, 11) is 0. The molecule has 0 heterocycles. The summed E-state index contributed by atoms with van der Waals surface area (Å²) in [6.07, 6.45) is 5.98. The average Bonchev–Trinajstić information content (AvgIpc) is 2.77. The molecule has 3 atom stereocenters. The highest BCUT2D eigenvalue weighted by Gasteiger charge is 2.34. The van der Waals surface area contributed by atoms with Crippen LogP contribution in [0.1, 0.15) is 105 Å². The van der Waals surface area contributed by atoms with E-state index in [4.69, 9.17) is 4.74 Å². The molecule has 0 radical (unpaired) electrons. The van der Waals surface area contributed by atoms with Crippen LogP contribution in [0.2, 0.25) is 0 Å². The molecule has 1 aromatic rings. The molecule has 1 rings (SSSR count). The third-order valence-corrected chi connectivity index (χ3v) is 5.77. The van der Waals surface area contributed by atoms with E-state index in [2.05, 4.69) is 24.5 Å². The fourth-order valence-corrected chi connectivity index (χ4v) is 4.00. The minimum atomic E-state index is -0.897. The number of aromatic hydroxyl groups is 1. The SMILES string of the molecule is CCCCCCCN(C(=O)C(C)NC(=O)OC(C)(C)C)C(C(=O)NC(C)CCC)c1ccc(O)cc1. The Labute approximate surface area is 217 Å². The fourth-order valence-electron chi connectivity index (χ4n) is 4.00. The van der Waals surface area contributed by atoms with Gasteiger partial charge in [-0.2, -0.15) is 0 Å². The average molecular weight is 506 g/mol. The van der Waals surface area contributed by atoms with E-state index in [1.807, 2.05) is 6.92 Å². The van der Waals surface area contributed by atoms with E-state index in [9.17, 15) is 19.5 Å². The van der Waals surface area contributed by atoms with E-state index in [1.54, 1.807) is 44.7 Å². The Bertz CT molecular complexity index is 819. The Balaban J connectivity index is 3.27. The highest BCUT2D eigenvalue weighted by Crippen LogP contribution is 2.26. The summed E-state index contributed by atoms with van der Waals surface area (Å²) in [6.45, 7) is 13.4. The van der Waals surface area contributed by atoms with Crippen LogP contribution in [0.3, 0.4) is 0 Å². The Kier molecular flexibility index (Phi) is 13.3. The summed E-state index contributed by atoms with van der Waals surface area (Å²) in [6, 6.07) is 4.50. The number of unbranched alkanes of at least 4 members (excludes halogenated alkanes) is 4. The summed E-state index contributed by atoms with van der Waals surface area (Å²) < 4.78 is 5.32. The highest BCUT2D eigenvalue weighted by molar-refractivity contribution is 5.92. The molecule has 0 saturated heterocycles. The van der Waals surface area contributed by atoms with Gasteiger partial charge in [0.1, 0.15) is 23.4 Å². The number of amides is 3. The lowest BCUT2D eigenvalue weighted by molar-refractivity contribution is -0.142. The predicted octanol–water partition coefficient (Wildman–Crippen LogP) is 5.45. The van der Waals surface area contributed by atoms with Crippen LogP contribution in [-0.4, -0.2) is 52.1 Å². The van der Waals surface area contributed by atoms with Crippen molar-refractivity contribution in [3.05, 3.63) is 29.8 Å². The Morgan fingerprint density at radius 1 is 0.944 bits per heavy atom. The van der Waals surface area contributed by atoms with Crippen molar-refractivity contribution in [3.8, 4) is 5.75 Å². The van der Waals surface area contributed by atoms with Gasteiger partial charge in [-0.3, -0.25) is 9.59 Å². The number of phenols is 1. The molecule has 1 aromatic carbocycles. The van der Waals surface area contributed by atoms with Gasteiger partial charge in [0.2, 0.25) is 11.8 Å². The topological polar surface area (TPSA) is 108 Å². The van der Waals surface area contributed by atoms with Gasteiger partial charge in [-0.05, 0) is 65.2 Å². The molecular formula is C28H47N3O5. The van der Waals surface area contributed by atoms with Crippen LogP contribution in [-0.2, 0) is 14.3 Å². The first-order valence-electron chi connectivity index (χ1n) is 13.3. The lowest BCUT2D eigenvalue weighted by Crippen LogP contribution is -2.52. The van der Waals surface area contributed by atoms with Gasteiger partial charge in [0.15, 0.2) is 0 Å². The number of carbonyl (C=O) groups is 3. The standard InChI is InChI=1S/C28H47N3O5/c1-8-10-11-12-13-19-31(26(34)21(4)30-27(35)36-28(5,6)7)24(22-15-17-23(32)18-16-22)25(33)29-20(3)14-9-2/h15-18,20-21,24,32H,8-14,19H2,1-7H3,(H,29,33)(H,30,35). The van der Waals surface area contributed by atoms with Crippen molar-refractivity contribution in [2.24, 2.45) is 0 Å². The van der Waals surface area contributed by atoms with Crippen LogP contribution in [0.4, 0.5) is 4.79 Å². The molecule has 8 heteroatoms. The first kappa shape index (κ1) is 31.3. The third-order valence-electron chi connectivity index (χ3n) is 5.77. The fraction of sp³-hybridized carbons (Fsp3) is 0.679. The van der Waals surface area contributed by atoms with Crippen molar-refractivity contribution in [1.29, 1.82) is 0 Å². The molecule has 204 valence electrons. The smallest absolute Gasteiger partial charge is 0.408 e. The lowest BCUT2D eigenvalue weighted by atomic mass is 10.0. The summed E-state index contributed by atoms with van der Waals surface area (Å²) in [5.74, 6) is -0.574. The lowest BCUT2D eigenvalue weighted by Gasteiger charge is -2.34. The maximum atomic E-state index is 13.7. The van der Waals surface area contributed by atoms with Crippen LogP contribution in [0.25, 0.3) is 0 Å². The zero-order valence-corrected chi connectivity index (χ0v) is 23.2. The second kappa shape index (κ2) is 15.4. The largest absolute Gasteiger partial charge is 0.508 e. The number of hydrogen-bond acceptors (Lipinski definition) is 5. The first-order valence-corrected chi connectivity index (χ1v) is 13.3. The van der Waals surface area contributed by atoms with Gasteiger partial charge in [0.25, 0.3) is 0 Å². The van der Waals surface area contributed by atoms with Crippen LogP contribution in [0.5, 0.6) is 5.75 Å². The third kappa shape index (κ3) is 11.3. The number of benzene rings is 1. The molecule has 3 amide bonds. The van der Waals surface area contributed by atoms with E-state index >= 15 is 0 Å². The molecule has 0 aromatic heterocycles. The molecule has 0 aliphatic heterocycles. The van der Waals surface area contributed by atoms with E-state index in [0.29, 0.717) is 12.1 Å². The molecule has 8 nitrogen and oxygen atoms in total. The van der Waals surface area contributed by atoms with Crippen molar-refractivity contribution < 1.29 is 24.2 Å². The maximum absolute atomic E-state index is 13.7. The van der Waals surface area contributed by atoms with Crippen LogP contribution in [0, 0.1) is 0 Å². The minimum absolute atomic E-state index is 0.0547. The van der Waals surface area contributed by atoms with E-state index in [1.165, 1.54) is 12.1 Å². The van der Waals surface area contributed by atoms with Gasteiger partial charge in [-0.1, -0.05) is 58.1 Å². The van der Waals surface area contributed by atoms with Gasteiger partial charge < -0.3 is 25.4 Å². The number of nitrogens with one attached hydrogen (secondary N) is 2. The van der Waals surface area contributed by atoms with Crippen molar-refractivity contribution >= 4 is 17.9 Å². The summed E-state index contributed by atoms with van der Waals surface area (Å²) in [4.78, 5) is 41.1. The predicted molar refractivity (Wildman–Crippen MR) is 143 cm³/mol. The highest BCUT2D eigenvalue weighted by atomic mass is 16.6. The Morgan fingerprint density at radius 3 is 2.11 bits per heavy atom. The summed E-state index contributed by atoms with van der Waals surface area (Å²) in [5, 5.41) is 15.5. The molecule has 0 fully saturated rings. The number of carbonyl (C=O) groups excluding carboxylic acids is 3. The van der Waals surface area contributed by atoms with Gasteiger partial charge in [-0.15, -0.1) is 0 Å². The zero-order chi connectivity index (χ0) is 27.3. The second-order valence-corrected chi connectivity index (χ2v) is 10.5. The summed E-state index contributed by atoms with van der Waals surface area (Å²) >= 11 is 0.